The molecule has 1 unspecified atom stereocenters. The third-order valence-electron chi connectivity index (χ3n) is 4.35. The van der Waals surface area contributed by atoms with Crippen molar-refractivity contribution in [3.63, 3.8) is 0 Å². The molecule has 1 heterocycles. The fourth-order valence-electron chi connectivity index (χ4n) is 3.04. The summed E-state index contributed by atoms with van der Waals surface area (Å²) in [5, 5.41) is 3.51. The van der Waals surface area contributed by atoms with Crippen LogP contribution in [0.2, 0.25) is 0 Å². The maximum atomic E-state index is 3.51. The van der Waals surface area contributed by atoms with Crippen LogP contribution in [0.5, 0.6) is 0 Å². The van der Waals surface area contributed by atoms with Gasteiger partial charge < -0.3 is 5.32 Å². The normalized spacial score (nSPS) is 35.4. The zero-order valence-electron chi connectivity index (χ0n) is 10.5. The van der Waals surface area contributed by atoms with Gasteiger partial charge in [-0.25, -0.2) is 0 Å². The van der Waals surface area contributed by atoms with Crippen molar-refractivity contribution in [3.05, 3.63) is 0 Å². The first kappa shape index (κ1) is 11.4. The first-order valence-electron chi connectivity index (χ1n) is 6.65. The van der Waals surface area contributed by atoms with Gasteiger partial charge in [-0.15, -0.1) is 0 Å². The second-order valence-corrected chi connectivity index (χ2v) is 5.56. The second kappa shape index (κ2) is 4.84. The van der Waals surface area contributed by atoms with Crippen LogP contribution in [0, 0.1) is 5.92 Å². The summed E-state index contributed by atoms with van der Waals surface area (Å²) in [6.07, 6.45) is 7.10. The molecule has 1 N–H and O–H groups in total. The molecule has 0 aromatic rings. The van der Waals surface area contributed by atoms with Crippen LogP contribution in [0.25, 0.3) is 0 Å². The van der Waals surface area contributed by atoms with Crippen molar-refractivity contribution in [2.75, 3.05) is 13.6 Å². The minimum absolute atomic E-state index is 0.744. The molecule has 2 rings (SSSR count). The van der Waals surface area contributed by atoms with E-state index < -0.39 is 0 Å². The molecule has 2 aliphatic rings. The van der Waals surface area contributed by atoms with Gasteiger partial charge in [-0.3, -0.25) is 4.90 Å². The zero-order valence-corrected chi connectivity index (χ0v) is 10.5. The molecule has 0 spiro atoms. The summed E-state index contributed by atoms with van der Waals surface area (Å²) >= 11 is 0. The molecule has 0 aromatic heterocycles. The number of rotatable bonds is 4. The molecular weight excluding hydrogens is 184 g/mol. The summed E-state index contributed by atoms with van der Waals surface area (Å²) < 4.78 is 0. The van der Waals surface area contributed by atoms with Gasteiger partial charge in [0, 0.05) is 24.7 Å². The lowest BCUT2D eigenvalue weighted by Crippen LogP contribution is -2.50. The molecule has 3 atom stereocenters. The molecule has 0 amide bonds. The van der Waals surface area contributed by atoms with E-state index in [0.29, 0.717) is 0 Å². The summed E-state index contributed by atoms with van der Waals surface area (Å²) in [7, 11) is 2.13. The van der Waals surface area contributed by atoms with Crippen LogP contribution in [-0.2, 0) is 0 Å². The van der Waals surface area contributed by atoms with E-state index >= 15 is 0 Å². The molecule has 1 saturated carbocycles. The van der Waals surface area contributed by atoms with Gasteiger partial charge in [0.2, 0.25) is 0 Å². The predicted octanol–water partition coefficient (Wildman–Crippen LogP) is 2.25. The van der Waals surface area contributed by atoms with E-state index in [1.165, 1.54) is 38.6 Å². The molecule has 1 aliphatic carbocycles. The first-order chi connectivity index (χ1) is 7.22. The quantitative estimate of drug-likeness (QED) is 0.765. The van der Waals surface area contributed by atoms with Crippen molar-refractivity contribution in [1.29, 1.82) is 0 Å². The van der Waals surface area contributed by atoms with Crippen molar-refractivity contribution in [3.8, 4) is 0 Å². The molecule has 0 aromatic carbocycles. The number of nitrogens with zero attached hydrogens (tertiary/aromatic N) is 1. The summed E-state index contributed by atoms with van der Waals surface area (Å²) in [6.45, 7) is 6.06. The molecule has 15 heavy (non-hydrogen) atoms. The lowest BCUT2D eigenvalue weighted by Gasteiger charge is -2.41. The molecule has 1 saturated heterocycles. The molecule has 0 bridgehead atoms. The molecule has 0 radical (unpaired) electrons. The van der Waals surface area contributed by atoms with Gasteiger partial charge in [-0.1, -0.05) is 6.42 Å². The van der Waals surface area contributed by atoms with Gasteiger partial charge in [0.1, 0.15) is 0 Å². The van der Waals surface area contributed by atoms with Crippen LogP contribution in [0.3, 0.4) is 0 Å². The van der Waals surface area contributed by atoms with E-state index in [9.17, 15) is 0 Å². The fourth-order valence-corrected chi connectivity index (χ4v) is 3.04. The van der Waals surface area contributed by atoms with Gasteiger partial charge >= 0.3 is 0 Å². The van der Waals surface area contributed by atoms with Crippen molar-refractivity contribution < 1.29 is 0 Å². The number of hydrogen-bond donors (Lipinski definition) is 1. The molecule has 2 heteroatoms. The Balaban J connectivity index is 1.89. The van der Waals surface area contributed by atoms with Gasteiger partial charge in [0.15, 0.2) is 0 Å². The SMILES string of the molecule is CNC(CN1[C@H](C)CCC[C@@H]1C)C1CC1. The monoisotopic (exact) mass is 210 g/mol. The highest BCUT2D eigenvalue weighted by molar-refractivity contribution is 4.90. The van der Waals surface area contributed by atoms with Gasteiger partial charge in [0.05, 0.1) is 0 Å². The number of piperidine rings is 1. The third kappa shape index (κ3) is 2.73. The third-order valence-corrected chi connectivity index (χ3v) is 4.35. The standard InChI is InChI=1S/C13H26N2/c1-10-5-4-6-11(2)15(10)9-13(14-3)12-7-8-12/h10-14H,4-9H2,1-3H3/t10-,11+,13?. The molecule has 1 aliphatic heterocycles. The Labute approximate surface area is 94.4 Å². The fraction of sp³-hybridized carbons (Fsp3) is 1.00. The van der Waals surface area contributed by atoms with Gasteiger partial charge in [0.25, 0.3) is 0 Å². The average Bonchev–Trinajstić information content (AvgIpc) is 3.01. The van der Waals surface area contributed by atoms with Gasteiger partial charge in [-0.2, -0.15) is 0 Å². The predicted molar refractivity (Wildman–Crippen MR) is 65.1 cm³/mol. The molecule has 2 fully saturated rings. The number of hydrogen-bond acceptors (Lipinski definition) is 2. The number of nitrogens with one attached hydrogen (secondary N) is 1. The highest BCUT2D eigenvalue weighted by Crippen LogP contribution is 2.34. The van der Waals surface area contributed by atoms with E-state index in [1.807, 2.05) is 0 Å². The van der Waals surface area contributed by atoms with E-state index in [4.69, 9.17) is 0 Å². The Kier molecular flexibility index (Phi) is 3.68. The van der Waals surface area contributed by atoms with E-state index in [2.05, 4.69) is 31.1 Å². The summed E-state index contributed by atoms with van der Waals surface area (Å²) in [6, 6.07) is 2.33. The second-order valence-electron chi connectivity index (χ2n) is 5.56. The Morgan fingerprint density at radius 3 is 2.20 bits per heavy atom. The maximum Gasteiger partial charge on any atom is 0.0220 e. The Morgan fingerprint density at radius 2 is 1.73 bits per heavy atom. The highest BCUT2D eigenvalue weighted by atomic mass is 15.2. The zero-order chi connectivity index (χ0) is 10.8. The van der Waals surface area contributed by atoms with Crippen LogP contribution in [-0.4, -0.2) is 36.6 Å². The molecular formula is C13H26N2. The van der Waals surface area contributed by atoms with E-state index in [-0.39, 0.29) is 0 Å². The minimum Gasteiger partial charge on any atom is -0.315 e. The van der Waals surface area contributed by atoms with Crippen LogP contribution in [0.4, 0.5) is 0 Å². The smallest absolute Gasteiger partial charge is 0.0220 e. The van der Waals surface area contributed by atoms with Gasteiger partial charge in [-0.05, 0) is 52.5 Å². The molecule has 88 valence electrons. The Bertz CT molecular complexity index is 191. The topological polar surface area (TPSA) is 15.3 Å². The number of likely N-dealkylation sites (N-methyl/N-ethyl adjacent to an activating group) is 1. The minimum atomic E-state index is 0.744. The van der Waals surface area contributed by atoms with E-state index in [1.54, 1.807) is 0 Å². The average molecular weight is 210 g/mol. The van der Waals surface area contributed by atoms with Crippen molar-refractivity contribution in [1.82, 2.24) is 10.2 Å². The van der Waals surface area contributed by atoms with Crippen LogP contribution in [0.15, 0.2) is 0 Å². The Hall–Kier alpha value is -0.0800. The van der Waals surface area contributed by atoms with Crippen molar-refractivity contribution in [2.45, 2.75) is 64.1 Å². The van der Waals surface area contributed by atoms with Crippen molar-refractivity contribution in [2.24, 2.45) is 5.92 Å². The largest absolute Gasteiger partial charge is 0.315 e. The lowest BCUT2D eigenvalue weighted by atomic mass is 9.96. The van der Waals surface area contributed by atoms with Crippen molar-refractivity contribution >= 4 is 0 Å². The first-order valence-corrected chi connectivity index (χ1v) is 6.65. The lowest BCUT2D eigenvalue weighted by molar-refractivity contribution is 0.0888. The summed E-state index contributed by atoms with van der Waals surface area (Å²) in [5.41, 5.74) is 0. The Morgan fingerprint density at radius 1 is 1.13 bits per heavy atom. The summed E-state index contributed by atoms with van der Waals surface area (Å²) in [5.74, 6) is 0.969. The maximum absolute atomic E-state index is 3.51. The molecule has 2 nitrogen and oxygen atoms in total. The van der Waals surface area contributed by atoms with Crippen LogP contribution in [0.1, 0.15) is 46.0 Å². The summed E-state index contributed by atoms with van der Waals surface area (Å²) in [4.78, 5) is 2.73. The van der Waals surface area contributed by atoms with Crippen LogP contribution >= 0.6 is 0 Å². The number of likely N-dealkylation sites (tertiary alicyclic amines) is 1. The highest BCUT2D eigenvalue weighted by Gasteiger charge is 2.34. The van der Waals surface area contributed by atoms with Crippen LogP contribution < -0.4 is 5.32 Å². The van der Waals surface area contributed by atoms with E-state index in [0.717, 1.165) is 24.0 Å².